The molecule has 20 heavy (non-hydrogen) atoms. The third kappa shape index (κ3) is 3.93. The molecule has 1 aromatic heterocycles. The first-order chi connectivity index (χ1) is 9.35. The number of esters is 1. The molecule has 106 valence electrons. The number of thioether (sulfide) groups is 1. The molecule has 0 spiro atoms. The summed E-state index contributed by atoms with van der Waals surface area (Å²) in [6.07, 6.45) is 0. The first-order valence-corrected chi connectivity index (χ1v) is 7.42. The van der Waals surface area contributed by atoms with E-state index in [1.807, 2.05) is 52.0 Å². The first-order valence-electron chi connectivity index (χ1n) is 6.43. The first kappa shape index (κ1) is 14.8. The molecular formula is C15H18N2O2S. The Kier molecular flexibility index (Phi) is 4.28. The molecule has 5 heteroatoms. The van der Waals surface area contributed by atoms with Gasteiger partial charge in [0.25, 0.3) is 0 Å². The maximum atomic E-state index is 11.7. The van der Waals surface area contributed by atoms with Crippen molar-refractivity contribution in [2.24, 2.45) is 0 Å². The Hall–Kier alpha value is -1.62. The average Bonchev–Trinajstić information content (AvgIpc) is 2.34. The van der Waals surface area contributed by atoms with E-state index in [9.17, 15) is 4.79 Å². The molecule has 4 nitrogen and oxygen atoms in total. The second-order valence-electron chi connectivity index (χ2n) is 5.48. The lowest BCUT2D eigenvalue weighted by atomic mass is 10.2. The van der Waals surface area contributed by atoms with Crippen molar-refractivity contribution in [3.63, 3.8) is 0 Å². The number of carbonyl (C=O) groups is 1. The van der Waals surface area contributed by atoms with E-state index in [4.69, 9.17) is 4.74 Å². The molecule has 0 saturated heterocycles. The van der Waals surface area contributed by atoms with Crippen molar-refractivity contribution in [3.8, 4) is 0 Å². The number of aromatic nitrogens is 2. The number of hydrogen-bond acceptors (Lipinski definition) is 5. The van der Waals surface area contributed by atoms with Gasteiger partial charge < -0.3 is 4.74 Å². The average molecular weight is 290 g/mol. The molecule has 0 radical (unpaired) electrons. The van der Waals surface area contributed by atoms with Crippen LogP contribution in [0.15, 0.2) is 29.3 Å². The second kappa shape index (κ2) is 5.79. The summed E-state index contributed by atoms with van der Waals surface area (Å²) in [5.41, 5.74) is 2.08. The number of nitrogens with zero attached hydrogens (tertiary/aromatic N) is 2. The van der Waals surface area contributed by atoms with Crippen LogP contribution >= 0.6 is 11.8 Å². The van der Waals surface area contributed by atoms with Crippen LogP contribution in [0.2, 0.25) is 0 Å². The van der Waals surface area contributed by atoms with Gasteiger partial charge in [-0.1, -0.05) is 23.9 Å². The number of fused-ring (bicyclic) bond motifs is 1. The molecule has 2 aromatic rings. The van der Waals surface area contributed by atoms with Gasteiger partial charge in [0, 0.05) is 0 Å². The Bertz CT molecular complexity index is 635. The minimum absolute atomic E-state index is 0.239. The molecule has 1 aromatic carbocycles. The van der Waals surface area contributed by atoms with Gasteiger partial charge >= 0.3 is 5.97 Å². The Morgan fingerprint density at radius 2 is 1.80 bits per heavy atom. The van der Waals surface area contributed by atoms with E-state index >= 15 is 0 Å². The fourth-order valence-electron chi connectivity index (χ4n) is 1.71. The summed E-state index contributed by atoms with van der Waals surface area (Å²) in [4.78, 5) is 20.7. The maximum absolute atomic E-state index is 11.7. The highest BCUT2D eigenvalue weighted by molar-refractivity contribution is 7.99. The number of aryl methyl sites for hydroxylation is 1. The Labute approximate surface area is 123 Å². The second-order valence-corrected chi connectivity index (χ2v) is 6.44. The SMILES string of the molecule is Cc1nc2ccccc2nc1SCC(=O)OC(C)(C)C. The largest absolute Gasteiger partial charge is 0.459 e. The summed E-state index contributed by atoms with van der Waals surface area (Å²) >= 11 is 1.36. The van der Waals surface area contributed by atoms with Crippen LogP contribution in [0.25, 0.3) is 11.0 Å². The lowest BCUT2D eigenvalue weighted by molar-refractivity contribution is -0.151. The van der Waals surface area contributed by atoms with Crippen molar-refractivity contribution < 1.29 is 9.53 Å². The number of benzene rings is 1. The summed E-state index contributed by atoms with van der Waals surface area (Å²) in [5, 5.41) is 0.773. The van der Waals surface area contributed by atoms with E-state index in [1.54, 1.807) is 0 Å². The molecule has 0 aliphatic carbocycles. The van der Waals surface area contributed by atoms with Gasteiger partial charge in [0.15, 0.2) is 0 Å². The molecular weight excluding hydrogens is 272 g/mol. The fraction of sp³-hybridized carbons (Fsp3) is 0.400. The Balaban J connectivity index is 2.10. The van der Waals surface area contributed by atoms with Crippen molar-refractivity contribution in [1.29, 1.82) is 0 Å². The zero-order chi connectivity index (χ0) is 14.8. The van der Waals surface area contributed by atoms with Crippen molar-refractivity contribution in [3.05, 3.63) is 30.0 Å². The minimum Gasteiger partial charge on any atom is -0.459 e. The molecule has 0 aliphatic heterocycles. The van der Waals surface area contributed by atoms with Gasteiger partial charge in [-0.25, -0.2) is 9.97 Å². The topological polar surface area (TPSA) is 52.1 Å². The summed E-state index contributed by atoms with van der Waals surface area (Å²) in [7, 11) is 0. The van der Waals surface area contributed by atoms with E-state index in [0.717, 1.165) is 21.8 Å². The van der Waals surface area contributed by atoms with Gasteiger partial charge in [0.1, 0.15) is 10.6 Å². The van der Waals surface area contributed by atoms with E-state index in [2.05, 4.69) is 9.97 Å². The van der Waals surface area contributed by atoms with Crippen LogP contribution in [-0.4, -0.2) is 27.3 Å². The molecule has 0 N–H and O–H groups in total. The Morgan fingerprint density at radius 3 is 2.40 bits per heavy atom. The van der Waals surface area contributed by atoms with Gasteiger partial charge in [-0.05, 0) is 39.8 Å². The molecule has 0 fully saturated rings. The monoisotopic (exact) mass is 290 g/mol. The Morgan fingerprint density at radius 1 is 1.20 bits per heavy atom. The van der Waals surface area contributed by atoms with Crippen LogP contribution in [0.1, 0.15) is 26.5 Å². The van der Waals surface area contributed by atoms with Gasteiger partial charge in [-0.3, -0.25) is 4.79 Å². The standard InChI is InChI=1S/C15H18N2O2S/c1-10-14(20-9-13(18)19-15(2,3)4)17-12-8-6-5-7-11(12)16-10/h5-8H,9H2,1-4H3. The lowest BCUT2D eigenvalue weighted by Gasteiger charge is -2.19. The smallest absolute Gasteiger partial charge is 0.316 e. The predicted octanol–water partition coefficient (Wildman–Crippen LogP) is 3.37. The summed E-state index contributed by atoms with van der Waals surface area (Å²) in [6.45, 7) is 7.47. The van der Waals surface area contributed by atoms with Crippen LogP contribution in [0, 0.1) is 6.92 Å². The third-order valence-electron chi connectivity index (χ3n) is 2.45. The van der Waals surface area contributed by atoms with Gasteiger partial charge in [0.2, 0.25) is 0 Å². The highest BCUT2D eigenvalue weighted by Crippen LogP contribution is 2.22. The number of rotatable bonds is 3. The van der Waals surface area contributed by atoms with Crippen molar-refractivity contribution >= 4 is 28.8 Å². The normalized spacial score (nSPS) is 11.6. The summed E-state index contributed by atoms with van der Waals surface area (Å²) in [5.74, 6) is 0.00218. The highest BCUT2D eigenvalue weighted by atomic mass is 32.2. The van der Waals surface area contributed by atoms with Crippen LogP contribution in [0.5, 0.6) is 0 Å². The van der Waals surface area contributed by atoms with E-state index in [-0.39, 0.29) is 11.7 Å². The molecule has 1 heterocycles. The zero-order valence-corrected chi connectivity index (χ0v) is 13.0. The predicted molar refractivity (Wildman–Crippen MR) is 80.8 cm³/mol. The van der Waals surface area contributed by atoms with Crippen LogP contribution in [-0.2, 0) is 9.53 Å². The molecule has 0 atom stereocenters. The van der Waals surface area contributed by atoms with Crippen LogP contribution in [0.3, 0.4) is 0 Å². The molecule has 0 bridgehead atoms. The van der Waals surface area contributed by atoms with E-state index in [0.29, 0.717) is 0 Å². The van der Waals surface area contributed by atoms with Crippen LogP contribution in [0.4, 0.5) is 0 Å². The van der Waals surface area contributed by atoms with Gasteiger partial charge in [0.05, 0.1) is 22.5 Å². The molecule has 0 amide bonds. The third-order valence-corrected chi connectivity index (χ3v) is 3.49. The van der Waals surface area contributed by atoms with Crippen molar-refractivity contribution in [2.75, 3.05) is 5.75 Å². The summed E-state index contributed by atoms with van der Waals surface area (Å²) < 4.78 is 5.28. The van der Waals surface area contributed by atoms with Crippen molar-refractivity contribution in [2.45, 2.75) is 38.3 Å². The quantitative estimate of drug-likeness (QED) is 0.641. The maximum Gasteiger partial charge on any atom is 0.316 e. The van der Waals surface area contributed by atoms with E-state index < -0.39 is 5.60 Å². The number of para-hydroxylation sites is 2. The number of carbonyl (C=O) groups excluding carboxylic acids is 1. The number of hydrogen-bond donors (Lipinski definition) is 0. The van der Waals surface area contributed by atoms with E-state index in [1.165, 1.54) is 11.8 Å². The fourth-order valence-corrected chi connectivity index (χ4v) is 2.44. The summed E-state index contributed by atoms with van der Waals surface area (Å²) in [6, 6.07) is 7.70. The minimum atomic E-state index is -0.457. The molecule has 2 rings (SSSR count). The van der Waals surface area contributed by atoms with Crippen molar-refractivity contribution in [1.82, 2.24) is 9.97 Å². The highest BCUT2D eigenvalue weighted by Gasteiger charge is 2.17. The van der Waals surface area contributed by atoms with Crippen LogP contribution < -0.4 is 0 Å². The molecule has 0 aliphatic rings. The molecule has 0 unspecified atom stereocenters. The van der Waals surface area contributed by atoms with Gasteiger partial charge in [-0.2, -0.15) is 0 Å². The number of ether oxygens (including phenoxy) is 1. The molecule has 0 saturated carbocycles. The zero-order valence-electron chi connectivity index (χ0n) is 12.1. The van der Waals surface area contributed by atoms with Gasteiger partial charge in [-0.15, -0.1) is 0 Å². The lowest BCUT2D eigenvalue weighted by Crippen LogP contribution is -2.25.